The second kappa shape index (κ2) is 6.75. The first-order valence-corrected chi connectivity index (χ1v) is 7.19. The molecular weight excluding hydrogens is 240 g/mol. The van der Waals surface area contributed by atoms with Gasteiger partial charge in [0.15, 0.2) is 11.6 Å². The first kappa shape index (κ1) is 14.1. The summed E-state index contributed by atoms with van der Waals surface area (Å²) in [6, 6.07) is 4.11. The van der Waals surface area contributed by atoms with Crippen molar-refractivity contribution in [2.45, 2.75) is 51.7 Å². The van der Waals surface area contributed by atoms with Crippen LogP contribution in [0.5, 0.6) is 5.75 Å². The van der Waals surface area contributed by atoms with Crippen molar-refractivity contribution in [3.05, 3.63) is 18.3 Å². The molecule has 106 valence electrons. The van der Waals surface area contributed by atoms with Gasteiger partial charge in [-0.3, -0.25) is 0 Å². The van der Waals surface area contributed by atoms with Crippen molar-refractivity contribution in [1.82, 2.24) is 4.98 Å². The van der Waals surface area contributed by atoms with E-state index in [-0.39, 0.29) is 12.7 Å². The Balaban J connectivity index is 2.08. The number of anilines is 1. The molecule has 1 aliphatic rings. The summed E-state index contributed by atoms with van der Waals surface area (Å²) in [5.41, 5.74) is 0. The molecule has 0 aromatic carbocycles. The molecule has 0 spiro atoms. The van der Waals surface area contributed by atoms with Gasteiger partial charge < -0.3 is 15.2 Å². The van der Waals surface area contributed by atoms with Gasteiger partial charge in [0.2, 0.25) is 0 Å². The van der Waals surface area contributed by atoms with Gasteiger partial charge in [0, 0.05) is 24.8 Å². The average molecular weight is 264 g/mol. The van der Waals surface area contributed by atoms with Gasteiger partial charge in [0.25, 0.3) is 0 Å². The monoisotopic (exact) mass is 264 g/mol. The Morgan fingerprint density at radius 1 is 1.42 bits per heavy atom. The number of nitrogens with one attached hydrogen (secondary N) is 1. The van der Waals surface area contributed by atoms with Crippen molar-refractivity contribution in [2.75, 3.05) is 11.9 Å². The summed E-state index contributed by atoms with van der Waals surface area (Å²) in [7, 11) is 0. The summed E-state index contributed by atoms with van der Waals surface area (Å²) in [4.78, 5) is 4.38. The fraction of sp³-hybridized carbons (Fsp3) is 0.667. The maximum Gasteiger partial charge on any atom is 0.168 e. The molecule has 2 unspecified atom stereocenters. The molecule has 1 heterocycles. The second-order valence-electron chi connectivity index (χ2n) is 5.49. The highest BCUT2D eigenvalue weighted by atomic mass is 16.5. The topological polar surface area (TPSA) is 54.4 Å². The molecule has 1 saturated carbocycles. The highest BCUT2D eigenvalue weighted by molar-refractivity contribution is 5.50. The molecule has 2 atom stereocenters. The van der Waals surface area contributed by atoms with E-state index in [1.54, 1.807) is 6.20 Å². The zero-order valence-corrected chi connectivity index (χ0v) is 11.8. The van der Waals surface area contributed by atoms with Crippen LogP contribution in [-0.2, 0) is 0 Å². The fourth-order valence-corrected chi connectivity index (χ4v) is 2.64. The van der Waals surface area contributed by atoms with E-state index >= 15 is 0 Å². The molecule has 2 N–H and O–H groups in total. The second-order valence-corrected chi connectivity index (χ2v) is 5.49. The lowest BCUT2D eigenvalue weighted by molar-refractivity contribution is 0.177. The van der Waals surface area contributed by atoms with Gasteiger partial charge in [-0.1, -0.05) is 12.8 Å². The molecule has 0 radical (unpaired) electrons. The van der Waals surface area contributed by atoms with Crippen LogP contribution in [0.25, 0.3) is 0 Å². The van der Waals surface area contributed by atoms with Crippen LogP contribution in [0.4, 0.5) is 5.82 Å². The maximum absolute atomic E-state index is 9.46. The molecule has 4 nitrogen and oxygen atoms in total. The zero-order valence-electron chi connectivity index (χ0n) is 11.8. The molecule has 1 aromatic heterocycles. The molecule has 4 heteroatoms. The third kappa shape index (κ3) is 3.83. The van der Waals surface area contributed by atoms with Crippen molar-refractivity contribution in [3.63, 3.8) is 0 Å². The van der Waals surface area contributed by atoms with Gasteiger partial charge in [-0.25, -0.2) is 4.98 Å². The Labute approximate surface area is 115 Å². The van der Waals surface area contributed by atoms with Crippen molar-refractivity contribution in [1.29, 1.82) is 0 Å². The number of aliphatic hydroxyl groups excluding tert-OH is 1. The van der Waals surface area contributed by atoms with Gasteiger partial charge in [0.1, 0.15) is 0 Å². The number of ether oxygens (including phenoxy) is 1. The number of rotatable bonds is 5. The van der Waals surface area contributed by atoms with E-state index in [0.717, 1.165) is 24.4 Å². The first-order valence-electron chi connectivity index (χ1n) is 7.19. The van der Waals surface area contributed by atoms with Gasteiger partial charge in [-0.15, -0.1) is 0 Å². The van der Waals surface area contributed by atoms with Gasteiger partial charge in [0.05, 0.1) is 6.10 Å². The molecule has 0 aliphatic heterocycles. The summed E-state index contributed by atoms with van der Waals surface area (Å²) in [5, 5.41) is 12.9. The van der Waals surface area contributed by atoms with Crippen molar-refractivity contribution < 1.29 is 9.84 Å². The highest BCUT2D eigenvalue weighted by Gasteiger charge is 2.25. The van der Waals surface area contributed by atoms with Crippen LogP contribution in [-0.4, -0.2) is 28.8 Å². The van der Waals surface area contributed by atoms with Crippen LogP contribution in [0.1, 0.15) is 39.5 Å². The van der Waals surface area contributed by atoms with Gasteiger partial charge >= 0.3 is 0 Å². The summed E-state index contributed by atoms with van der Waals surface area (Å²) >= 11 is 0. The molecule has 1 aliphatic carbocycles. The lowest BCUT2D eigenvalue weighted by Gasteiger charge is -2.31. The molecule has 1 fully saturated rings. The zero-order chi connectivity index (χ0) is 13.7. The Bertz CT molecular complexity index is 395. The molecule has 0 amide bonds. The van der Waals surface area contributed by atoms with E-state index in [4.69, 9.17) is 4.74 Å². The van der Waals surface area contributed by atoms with Crippen molar-refractivity contribution in [2.24, 2.45) is 5.92 Å². The quantitative estimate of drug-likeness (QED) is 0.858. The number of nitrogens with zero attached hydrogens (tertiary/aromatic N) is 1. The minimum Gasteiger partial charge on any atom is -0.487 e. The predicted octanol–water partition coefficient (Wildman–Crippen LogP) is 2.83. The molecule has 0 bridgehead atoms. The van der Waals surface area contributed by atoms with E-state index in [9.17, 15) is 5.11 Å². The van der Waals surface area contributed by atoms with Gasteiger partial charge in [-0.2, -0.15) is 0 Å². The van der Waals surface area contributed by atoms with E-state index in [0.29, 0.717) is 12.0 Å². The number of pyridine rings is 1. The van der Waals surface area contributed by atoms with Crippen LogP contribution in [0, 0.1) is 5.92 Å². The fourth-order valence-electron chi connectivity index (χ4n) is 2.64. The summed E-state index contributed by atoms with van der Waals surface area (Å²) in [6.45, 7) is 4.26. The number of hydrogen-bond donors (Lipinski definition) is 2. The number of hydrogen-bond acceptors (Lipinski definition) is 4. The predicted molar refractivity (Wildman–Crippen MR) is 76.5 cm³/mol. The minimum absolute atomic E-state index is 0.129. The standard InChI is InChI=1S/C15H24N2O2/c1-11(2)19-14-8-5-9-16-15(14)17-13-7-4-3-6-12(13)10-18/h5,8-9,11-13,18H,3-4,6-7,10H2,1-2H3,(H,16,17). The molecule has 0 saturated heterocycles. The van der Waals surface area contributed by atoms with Crippen LogP contribution < -0.4 is 10.1 Å². The largest absolute Gasteiger partial charge is 0.487 e. The minimum atomic E-state index is 0.129. The van der Waals surface area contributed by atoms with E-state index in [2.05, 4.69) is 10.3 Å². The molecular formula is C15H24N2O2. The third-order valence-corrected chi connectivity index (χ3v) is 3.60. The van der Waals surface area contributed by atoms with E-state index in [1.807, 2.05) is 26.0 Å². The summed E-state index contributed by atoms with van der Waals surface area (Å²) in [6.07, 6.45) is 6.49. The Kier molecular flexibility index (Phi) is 5.02. The first-order chi connectivity index (χ1) is 9.20. The Morgan fingerprint density at radius 2 is 2.21 bits per heavy atom. The summed E-state index contributed by atoms with van der Waals surface area (Å²) in [5.74, 6) is 1.91. The maximum atomic E-state index is 9.46. The molecule has 1 aromatic rings. The normalized spacial score (nSPS) is 23.4. The van der Waals surface area contributed by atoms with Crippen molar-refractivity contribution in [3.8, 4) is 5.75 Å². The summed E-state index contributed by atoms with van der Waals surface area (Å²) < 4.78 is 5.77. The Hall–Kier alpha value is -1.29. The molecule has 2 rings (SSSR count). The number of aliphatic hydroxyl groups is 1. The van der Waals surface area contributed by atoms with Crippen LogP contribution in [0.3, 0.4) is 0 Å². The molecule has 19 heavy (non-hydrogen) atoms. The lowest BCUT2D eigenvalue weighted by Crippen LogP contribution is -2.34. The van der Waals surface area contributed by atoms with E-state index < -0.39 is 0 Å². The number of aromatic nitrogens is 1. The highest BCUT2D eigenvalue weighted by Crippen LogP contribution is 2.30. The van der Waals surface area contributed by atoms with Crippen molar-refractivity contribution >= 4 is 5.82 Å². The smallest absolute Gasteiger partial charge is 0.168 e. The van der Waals surface area contributed by atoms with Crippen LogP contribution in [0.15, 0.2) is 18.3 Å². The third-order valence-electron chi connectivity index (χ3n) is 3.60. The van der Waals surface area contributed by atoms with E-state index in [1.165, 1.54) is 12.8 Å². The lowest BCUT2D eigenvalue weighted by atomic mass is 9.85. The van der Waals surface area contributed by atoms with Crippen LogP contribution >= 0.6 is 0 Å². The average Bonchev–Trinajstić information content (AvgIpc) is 2.41. The Morgan fingerprint density at radius 3 is 2.95 bits per heavy atom. The SMILES string of the molecule is CC(C)Oc1cccnc1NC1CCCCC1CO. The van der Waals surface area contributed by atoms with Crippen LogP contribution in [0.2, 0.25) is 0 Å². The van der Waals surface area contributed by atoms with Gasteiger partial charge in [-0.05, 0) is 38.8 Å².